The SMILES string of the molecule is COC1(C)CCc2c(C)c(O)c(C)c(C)c2O1. The Bertz CT molecular complexity index is 465. The number of methoxy groups -OCH3 is 1. The summed E-state index contributed by atoms with van der Waals surface area (Å²) in [7, 11) is 1.67. The predicted molar refractivity (Wildman–Crippen MR) is 66.7 cm³/mol. The van der Waals surface area contributed by atoms with E-state index in [1.807, 2.05) is 27.7 Å². The van der Waals surface area contributed by atoms with E-state index in [0.717, 1.165) is 40.8 Å². The maximum atomic E-state index is 10.0. The maximum absolute atomic E-state index is 10.0. The topological polar surface area (TPSA) is 38.7 Å². The van der Waals surface area contributed by atoms with Crippen LogP contribution in [0.15, 0.2) is 0 Å². The average Bonchev–Trinajstić information content (AvgIpc) is 2.33. The Balaban J connectivity index is 2.59. The molecule has 0 radical (unpaired) electrons. The smallest absolute Gasteiger partial charge is 0.207 e. The first-order valence-corrected chi connectivity index (χ1v) is 5.95. The van der Waals surface area contributed by atoms with Gasteiger partial charge in [-0.2, -0.15) is 0 Å². The van der Waals surface area contributed by atoms with Gasteiger partial charge in [-0.1, -0.05) is 0 Å². The molecule has 17 heavy (non-hydrogen) atoms. The molecule has 0 aromatic heterocycles. The minimum Gasteiger partial charge on any atom is -0.507 e. The summed E-state index contributed by atoms with van der Waals surface area (Å²) in [5.41, 5.74) is 3.94. The van der Waals surface area contributed by atoms with Crippen LogP contribution < -0.4 is 4.74 Å². The molecule has 3 nitrogen and oxygen atoms in total. The van der Waals surface area contributed by atoms with Crippen LogP contribution in [-0.4, -0.2) is 18.0 Å². The highest BCUT2D eigenvalue weighted by atomic mass is 16.7. The van der Waals surface area contributed by atoms with E-state index in [9.17, 15) is 5.11 Å². The van der Waals surface area contributed by atoms with E-state index in [0.29, 0.717) is 5.75 Å². The number of phenolic OH excluding ortho intramolecular Hbond substituents is 1. The van der Waals surface area contributed by atoms with Crippen LogP contribution in [0.3, 0.4) is 0 Å². The lowest BCUT2D eigenvalue weighted by atomic mass is 9.91. The number of rotatable bonds is 1. The van der Waals surface area contributed by atoms with Crippen molar-refractivity contribution in [1.82, 2.24) is 0 Å². The van der Waals surface area contributed by atoms with Crippen LogP contribution in [0.5, 0.6) is 11.5 Å². The van der Waals surface area contributed by atoms with Crippen molar-refractivity contribution in [2.75, 3.05) is 7.11 Å². The lowest BCUT2D eigenvalue weighted by Gasteiger charge is -2.36. The normalized spacial score (nSPS) is 23.1. The van der Waals surface area contributed by atoms with Gasteiger partial charge >= 0.3 is 0 Å². The van der Waals surface area contributed by atoms with E-state index in [1.165, 1.54) is 0 Å². The summed E-state index contributed by atoms with van der Waals surface area (Å²) in [4.78, 5) is 0. The Kier molecular flexibility index (Phi) is 2.82. The Morgan fingerprint density at radius 2 is 1.82 bits per heavy atom. The summed E-state index contributed by atoms with van der Waals surface area (Å²) >= 11 is 0. The Labute approximate surface area is 102 Å². The van der Waals surface area contributed by atoms with Crippen LogP contribution in [-0.2, 0) is 11.2 Å². The third-order valence-electron chi connectivity index (χ3n) is 3.92. The van der Waals surface area contributed by atoms with Crippen LogP contribution in [0, 0.1) is 20.8 Å². The first-order valence-electron chi connectivity index (χ1n) is 5.95. The molecule has 0 fully saturated rings. The molecule has 1 atom stereocenters. The van der Waals surface area contributed by atoms with Crippen molar-refractivity contribution in [3.63, 3.8) is 0 Å². The molecule has 1 unspecified atom stereocenters. The summed E-state index contributed by atoms with van der Waals surface area (Å²) in [5.74, 6) is 0.729. The summed E-state index contributed by atoms with van der Waals surface area (Å²) in [6, 6.07) is 0. The monoisotopic (exact) mass is 236 g/mol. The van der Waals surface area contributed by atoms with Crippen molar-refractivity contribution in [2.24, 2.45) is 0 Å². The van der Waals surface area contributed by atoms with E-state index in [-0.39, 0.29) is 0 Å². The summed E-state index contributed by atoms with van der Waals surface area (Å²) in [6.07, 6.45) is 1.68. The van der Waals surface area contributed by atoms with Gasteiger partial charge in [0.2, 0.25) is 5.79 Å². The molecule has 1 N–H and O–H groups in total. The van der Waals surface area contributed by atoms with Crippen molar-refractivity contribution < 1.29 is 14.6 Å². The summed E-state index contributed by atoms with van der Waals surface area (Å²) in [5, 5.41) is 10.0. The van der Waals surface area contributed by atoms with Gasteiger partial charge in [0.05, 0.1) is 0 Å². The van der Waals surface area contributed by atoms with Gasteiger partial charge in [0.15, 0.2) is 0 Å². The van der Waals surface area contributed by atoms with Gasteiger partial charge in [0.1, 0.15) is 11.5 Å². The Morgan fingerprint density at radius 1 is 1.18 bits per heavy atom. The maximum Gasteiger partial charge on any atom is 0.207 e. The van der Waals surface area contributed by atoms with Crippen LogP contribution in [0.2, 0.25) is 0 Å². The van der Waals surface area contributed by atoms with Crippen molar-refractivity contribution in [3.05, 3.63) is 22.3 Å². The van der Waals surface area contributed by atoms with Gasteiger partial charge < -0.3 is 14.6 Å². The van der Waals surface area contributed by atoms with Gasteiger partial charge in [0.25, 0.3) is 0 Å². The number of phenols is 1. The Morgan fingerprint density at radius 3 is 2.41 bits per heavy atom. The number of hydrogen-bond donors (Lipinski definition) is 1. The molecule has 1 aromatic rings. The minimum absolute atomic E-state index is 0.394. The van der Waals surface area contributed by atoms with E-state index in [1.54, 1.807) is 7.11 Å². The first-order chi connectivity index (χ1) is 7.89. The van der Waals surface area contributed by atoms with Crippen molar-refractivity contribution in [3.8, 4) is 11.5 Å². The van der Waals surface area contributed by atoms with Crippen LogP contribution in [0.4, 0.5) is 0 Å². The molecule has 0 amide bonds. The second kappa shape index (κ2) is 3.91. The van der Waals surface area contributed by atoms with E-state index in [2.05, 4.69) is 0 Å². The zero-order valence-corrected chi connectivity index (χ0v) is 11.2. The minimum atomic E-state index is -0.548. The molecule has 0 bridgehead atoms. The second-order valence-electron chi connectivity index (χ2n) is 4.97. The highest BCUT2D eigenvalue weighted by molar-refractivity contribution is 5.58. The Hall–Kier alpha value is -1.22. The van der Waals surface area contributed by atoms with E-state index >= 15 is 0 Å². The molecule has 1 heterocycles. The van der Waals surface area contributed by atoms with Crippen molar-refractivity contribution >= 4 is 0 Å². The quantitative estimate of drug-likeness (QED) is 0.814. The van der Waals surface area contributed by atoms with Gasteiger partial charge in [0, 0.05) is 26.0 Å². The van der Waals surface area contributed by atoms with E-state index in [4.69, 9.17) is 9.47 Å². The lowest BCUT2D eigenvalue weighted by Crippen LogP contribution is -2.38. The predicted octanol–water partition coefficient (Wildman–Crippen LogP) is 3.01. The first kappa shape index (κ1) is 12.2. The zero-order chi connectivity index (χ0) is 12.8. The van der Waals surface area contributed by atoms with Crippen molar-refractivity contribution in [1.29, 1.82) is 0 Å². The molecule has 1 aliphatic rings. The van der Waals surface area contributed by atoms with Crippen LogP contribution >= 0.6 is 0 Å². The highest BCUT2D eigenvalue weighted by Gasteiger charge is 2.34. The largest absolute Gasteiger partial charge is 0.507 e. The molecule has 94 valence electrons. The second-order valence-corrected chi connectivity index (χ2v) is 4.97. The fraction of sp³-hybridized carbons (Fsp3) is 0.571. The molecule has 0 saturated heterocycles. The standard InChI is InChI=1S/C14H20O3/c1-8-9(2)13-11(10(3)12(8)15)6-7-14(4,16-5)17-13/h15H,6-7H2,1-5H3. The molecule has 1 aliphatic heterocycles. The third kappa shape index (κ3) is 1.78. The molecular formula is C14H20O3. The average molecular weight is 236 g/mol. The fourth-order valence-corrected chi connectivity index (χ4v) is 2.37. The third-order valence-corrected chi connectivity index (χ3v) is 3.92. The van der Waals surface area contributed by atoms with Gasteiger partial charge in [-0.15, -0.1) is 0 Å². The fourth-order valence-electron chi connectivity index (χ4n) is 2.37. The number of hydrogen-bond acceptors (Lipinski definition) is 3. The zero-order valence-electron chi connectivity index (χ0n) is 11.2. The van der Waals surface area contributed by atoms with Crippen LogP contribution in [0.25, 0.3) is 0 Å². The van der Waals surface area contributed by atoms with Crippen molar-refractivity contribution in [2.45, 2.75) is 46.3 Å². The highest BCUT2D eigenvalue weighted by Crippen LogP contribution is 2.43. The molecular weight excluding hydrogens is 216 g/mol. The van der Waals surface area contributed by atoms with Gasteiger partial charge in [-0.3, -0.25) is 0 Å². The van der Waals surface area contributed by atoms with E-state index < -0.39 is 5.79 Å². The molecule has 0 spiro atoms. The number of benzene rings is 1. The van der Waals surface area contributed by atoms with Gasteiger partial charge in [-0.05, 0) is 43.9 Å². The molecule has 0 aliphatic carbocycles. The number of fused-ring (bicyclic) bond motifs is 1. The number of aromatic hydroxyl groups is 1. The molecule has 1 aromatic carbocycles. The van der Waals surface area contributed by atoms with Crippen LogP contribution in [0.1, 0.15) is 35.6 Å². The summed E-state index contributed by atoms with van der Waals surface area (Å²) in [6.45, 7) is 7.79. The number of ether oxygens (including phenoxy) is 2. The van der Waals surface area contributed by atoms with Gasteiger partial charge in [-0.25, -0.2) is 0 Å². The lowest BCUT2D eigenvalue weighted by molar-refractivity contribution is -0.160. The molecule has 3 heteroatoms. The molecule has 2 rings (SSSR count). The summed E-state index contributed by atoms with van der Waals surface area (Å²) < 4.78 is 11.4. The molecule has 0 saturated carbocycles.